The van der Waals surface area contributed by atoms with Crippen molar-refractivity contribution < 1.29 is 28.4 Å². The van der Waals surface area contributed by atoms with Gasteiger partial charge in [0, 0.05) is 13.0 Å². The van der Waals surface area contributed by atoms with E-state index in [-0.39, 0.29) is 25.7 Å². The Labute approximate surface area is 320 Å². The van der Waals surface area contributed by atoms with E-state index in [0.717, 1.165) is 51.4 Å². The second-order valence-electron chi connectivity index (χ2n) is 14.6. The van der Waals surface area contributed by atoms with Crippen LogP contribution >= 0.6 is 7.82 Å². The van der Waals surface area contributed by atoms with E-state index in [1.807, 2.05) is 6.08 Å². The SMILES string of the molecule is CCCCC/C=C\C/C=C\CCCCCCCCCC(=O)NC(COP(=O)(O)OCCN)C(O)/C=C/CCCCCCCCCCCCCCCC. The minimum Gasteiger partial charge on any atom is -0.387 e. The molecule has 0 heterocycles. The molecular formula is C43H83N2O6P. The fourth-order valence-corrected chi connectivity index (χ4v) is 6.92. The van der Waals surface area contributed by atoms with Crippen LogP contribution in [0.3, 0.4) is 0 Å². The number of amides is 1. The number of rotatable bonds is 40. The van der Waals surface area contributed by atoms with Gasteiger partial charge in [-0.15, -0.1) is 0 Å². The summed E-state index contributed by atoms with van der Waals surface area (Å²) in [5, 5.41) is 13.7. The molecule has 0 aliphatic rings. The number of nitrogens with two attached hydrogens (primary N) is 1. The van der Waals surface area contributed by atoms with Crippen LogP contribution in [0.25, 0.3) is 0 Å². The maximum Gasteiger partial charge on any atom is 0.472 e. The van der Waals surface area contributed by atoms with Crippen molar-refractivity contribution in [2.24, 2.45) is 5.73 Å². The molecule has 0 saturated heterocycles. The van der Waals surface area contributed by atoms with Crippen molar-refractivity contribution in [1.29, 1.82) is 0 Å². The van der Waals surface area contributed by atoms with Gasteiger partial charge in [-0.3, -0.25) is 13.8 Å². The van der Waals surface area contributed by atoms with E-state index in [2.05, 4.69) is 43.5 Å². The highest BCUT2D eigenvalue weighted by atomic mass is 31.2. The average Bonchev–Trinajstić information content (AvgIpc) is 3.13. The molecule has 0 fully saturated rings. The number of allylic oxidation sites excluding steroid dienone is 5. The van der Waals surface area contributed by atoms with Crippen LogP contribution < -0.4 is 11.1 Å². The molecular weight excluding hydrogens is 671 g/mol. The van der Waals surface area contributed by atoms with Crippen LogP contribution in [0.5, 0.6) is 0 Å². The summed E-state index contributed by atoms with van der Waals surface area (Å²) in [6.07, 6.45) is 46.1. The monoisotopic (exact) mass is 755 g/mol. The quantitative estimate of drug-likeness (QED) is 0.0278. The molecule has 0 aromatic carbocycles. The van der Waals surface area contributed by atoms with Gasteiger partial charge in [0.1, 0.15) is 0 Å². The highest BCUT2D eigenvalue weighted by molar-refractivity contribution is 7.47. The lowest BCUT2D eigenvalue weighted by Crippen LogP contribution is -2.45. The lowest BCUT2D eigenvalue weighted by atomic mass is 10.0. The molecule has 3 unspecified atom stereocenters. The first-order chi connectivity index (χ1) is 25.4. The number of unbranched alkanes of at least 4 members (excludes halogenated alkanes) is 24. The molecule has 0 aliphatic heterocycles. The molecule has 0 rings (SSSR count). The Kier molecular flexibility index (Phi) is 38.4. The lowest BCUT2D eigenvalue weighted by molar-refractivity contribution is -0.123. The molecule has 8 nitrogen and oxygen atoms in total. The number of aliphatic hydroxyl groups excluding tert-OH is 1. The molecule has 0 spiro atoms. The number of nitrogens with one attached hydrogen (secondary N) is 1. The zero-order valence-electron chi connectivity index (χ0n) is 33.8. The molecule has 9 heteroatoms. The number of carbonyl (C=O) groups is 1. The Morgan fingerprint density at radius 2 is 1.06 bits per heavy atom. The zero-order valence-corrected chi connectivity index (χ0v) is 34.7. The third-order valence-electron chi connectivity index (χ3n) is 9.46. The van der Waals surface area contributed by atoms with E-state index in [1.165, 1.54) is 128 Å². The van der Waals surface area contributed by atoms with Gasteiger partial charge in [0.05, 0.1) is 25.4 Å². The minimum absolute atomic E-state index is 0.0768. The van der Waals surface area contributed by atoms with E-state index in [9.17, 15) is 19.4 Å². The number of hydrogen-bond donors (Lipinski definition) is 4. The molecule has 0 aromatic rings. The van der Waals surface area contributed by atoms with Crippen molar-refractivity contribution in [2.45, 2.75) is 212 Å². The molecule has 0 aromatic heterocycles. The zero-order chi connectivity index (χ0) is 38.2. The molecule has 0 aliphatic carbocycles. The summed E-state index contributed by atoms with van der Waals surface area (Å²) < 4.78 is 22.1. The van der Waals surface area contributed by atoms with Gasteiger partial charge in [0.15, 0.2) is 0 Å². The topological polar surface area (TPSA) is 131 Å². The average molecular weight is 755 g/mol. The van der Waals surface area contributed by atoms with Gasteiger partial charge in [-0.1, -0.05) is 179 Å². The molecule has 5 N–H and O–H groups in total. The number of carbonyl (C=O) groups excluding carboxylic acids is 1. The summed E-state index contributed by atoms with van der Waals surface area (Å²) >= 11 is 0. The predicted molar refractivity (Wildman–Crippen MR) is 221 cm³/mol. The van der Waals surface area contributed by atoms with E-state index < -0.39 is 20.0 Å². The van der Waals surface area contributed by atoms with Crippen molar-refractivity contribution in [3.8, 4) is 0 Å². The van der Waals surface area contributed by atoms with Crippen LogP contribution in [0.1, 0.15) is 200 Å². The van der Waals surface area contributed by atoms with Crippen LogP contribution in [0.2, 0.25) is 0 Å². The molecule has 306 valence electrons. The van der Waals surface area contributed by atoms with E-state index in [0.29, 0.717) is 6.42 Å². The Morgan fingerprint density at radius 1 is 0.635 bits per heavy atom. The molecule has 0 radical (unpaired) electrons. The standard InChI is InChI=1S/C43H83N2O6P/c1-3-5-7-9-11-13-15-17-19-21-23-25-27-29-31-33-35-37-43(47)45-41(40-51-52(48,49)50-39-38-44)42(46)36-34-32-30-28-26-24-22-20-18-16-14-12-10-8-6-4-2/h11,13,17,19,34,36,41-42,46H,3-10,12,14-16,18,20-33,35,37-40,44H2,1-2H3,(H,45,47)(H,48,49)/b13-11-,19-17-,36-34+. The maximum atomic E-state index is 12.7. The first-order valence-corrected chi connectivity index (χ1v) is 23.1. The summed E-state index contributed by atoms with van der Waals surface area (Å²) in [5.74, 6) is -0.203. The molecule has 1 amide bonds. The number of phosphoric acid groups is 1. The number of phosphoric ester groups is 1. The van der Waals surface area contributed by atoms with Crippen LogP contribution in [0.15, 0.2) is 36.5 Å². The number of hydrogen-bond acceptors (Lipinski definition) is 6. The summed E-state index contributed by atoms with van der Waals surface area (Å²) in [6, 6.07) is -0.863. The largest absolute Gasteiger partial charge is 0.472 e. The highest BCUT2D eigenvalue weighted by Crippen LogP contribution is 2.43. The van der Waals surface area contributed by atoms with Gasteiger partial charge in [-0.05, 0) is 51.4 Å². The second kappa shape index (κ2) is 39.4. The minimum atomic E-state index is -4.34. The molecule has 52 heavy (non-hydrogen) atoms. The summed E-state index contributed by atoms with van der Waals surface area (Å²) in [6.45, 7) is 4.11. The van der Waals surface area contributed by atoms with Gasteiger partial charge in [0.25, 0.3) is 0 Å². The van der Waals surface area contributed by atoms with Crippen molar-refractivity contribution in [3.05, 3.63) is 36.5 Å². The van der Waals surface area contributed by atoms with Crippen molar-refractivity contribution in [1.82, 2.24) is 5.32 Å². The molecule has 0 saturated carbocycles. The third-order valence-corrected chi connectivity index (χ3v) is 10.4. The first kappa shape index (κ1) is 50.7. The predicted octanol–water partition coefficient (Wildman–Crippen LogP) is 11.9. The van der Waals surface area contributed by atoms with Gasteiger partial charge >= 0.3 is 7.82 Å². The van der Waals surface area contributed by atoms with Gasteiger partial charge in [-0.2, -0.15) is 0 Å². The Morgan fingerprint density at radius 3 is 1.56 bits per heavy atom. The van der Waals surface area contributed by atoms with E-state index in [4.69, 9.17) is 14.8 Å². The Balaban J connectivity index is 4.24. The highest BCUT2D eigenvalue weighted by Gasteiger charge is 2.26. The van der Waals surface area contributed by atoms with Crippen LogP contribution in [0.4, 0.5) is 0 Å². The normalized spacial score (nSPS) is 14.5. The van der Waals surface area contributed by atoms with E-state index >= 15 is 0 Å². The fourth-order valence-electron chi connectivity index (χ4n) is 6.16. The van der Waals surface area contributed by atoms with Crippen molar-refractivity contribution in [2.75, 3.05) is 19.8 Å². The summed E-state index contributed by atoms with van der Waals surface area (Å²) in [4.78, 5) is 22.7. The van der Waals surface area contributed by atoms with Gasteiger partial charge < -0.3 is 21.1 Å². The Hall–Kier alpha value is -1.28. The Bertz CT molecular complexity index is 912. The van der Waals surface area contributed by atoms with Gasteiger partial charge in [-0.25, -0.2) is 4.57 Å². The lowest BCUT2D eigenvalue weighted by Gasteiger charge is -2.23. The van der Waals surface area contributed by atoms with Gasteiger partial charge in [0.2, 0.25) is 5.91 Å². The molecule has 0 bridgehead atoms. The third kappa shape index (κ3) is 37.1. The maximum absolute atomic E-state index is 12.7. The number of aliphatic hydroxyl groups is 1. The van der Waals surface area contributed by atoms with E-state index in [1.54, 1.807) is 6.08 Å². The van der Waals surface area contributed by atoms with Crippen molar-refractivity contribution >= 4 is 13.7 Å². The summed E-state index contributed by atoms with van der Waals surface area (Å²) in [7, 11) is -4.34. The van der Waals surface area contributed by atoms with Crippen LogP contribution in [-0.4, -0.2) is 47.8 Å². The van der Waals surface area contributed by atoms with Crippen LogP contribution in [0, 0.1) is 0 Å². The summed E-state index contributed by atoms with van der Waals surface area (Å²) in [5.41, 5.74) is 5.37. The van der Waals surface area contributed by atoms with Crippen LogP contribution in [-0.2, 0) is 18.4 Å². The first-order valence-electron chi connectivity index (χ1n) is 21.6. The molecule has 3 atom stereocenters. The second-order valence-corrected chi connectivity index (χ2v) is 16.0. The smallest absolute Gasteiger partial charge is 0.387 e. The van der Waals surface area contributed by atoms with Crippen molar-refractivity contribution in [3.63, 3.8) is 0 Å². The fraction of sp³-hybridized carbons (Fsp3) is 0.837.